The summed E-state index contributed by atoms with van der Waals surface area (Å²) in [5.41, 5.74) is -1.17. The summed E-state index contributed by atoms with van der Waals surface area (Å²) in [5.74, 6) is -6.44. The summed E-state index contributed by atoms with van der Waals surface area (Å²) < 4.78 is 0. The highest BCUT2D eigenvalue weighted by Gasteiger charge is 2.10. The molecule has 3 rings (SSSR count). The molecule has 0 N–H and O–H groups in total. The molecule has 150 valence electrons. The van der Waals surface area contributed by atoms with Crippen LogP contribution >= 0.6 is 0 Å². The lowest BCUT2D eigenvalue weighted by Gasteiger charge is -2.12. The third-order valence-electron chi connectivity index (χ3n) is 4.05. The van der Waals surface area contributed by atoms with Gasteiger partial charge in [0.25, 0.3) is 0 Å². The molecule has 1 heterocycles. The van der Waals surface area contributed by atoms with Crippen LogP contribution in [0.3, 0.4) is 0 Å². The van der Waals surface area contributed by atoms with Crippen LogP contribution in [0.15, 0.2) is 48.8 Å². The number of carboxylic acids is 4. The first-order valence-corrected chi connectivity index (χ1v) is 8.14. The second kappa shape index (κ2) is 7.80. The molecule has 0 atom stereocenters. The maximum atomic E-state index is 11.1. The summed E-state index contributed by atoms with van der Waals surface area (Å²) in [6, 6.07) is 6.30. The molecule has 0 aliphatic heterocycles. The number of carbonyl (C=O) groups excluding carboxylic acids is 4. The molecule has 10 nitrogen and oxygen atoms in total. The number of aromatic carboxylic acids is 4. The molecule has 0 radical (unpaired) electrons. The predicted molar refractivity (Wildman–Crippen MR) is 90.2 cm³/mol. The van der Waals surface area contributed by atoms with Crippen molar-refractivity contribution in [1.29, 1.82) is 0 Å². The molecule has 0 bridgehead atoms. The Balaban J connectivity index is 2.06. The minimum Gasteiger partial charge on any atom is -0.545 e. The Bertz CT molecular complexity index is 1040. The van der Waals surface area contributed by atoms with E-state index in [0.717, 1.165) is 36.4 Å². The second-order valence-electron chi connectivity index (χ2n) is 6.04. The molecule has 3 aromatic rings. The third kappa shape index (κ3) is 4.12. The van der Waals surface area contributed by atoms with Gasteiger partial charge in [-0.25, -0.2) is 9.97 Å². The van der Waals surface area contributed by atoms with Crippen LogP contribution in [0.4, 0.5) is 0 Å². The number of benzene rings is 2. The number of nitrogens with zero attached hydrogens (tertiary/aromatic N) is 2. The lowest BCUT2D eigenvalue weighted by Crippen LogP contribution is -2.25. The average molecular weight is 404 g/mol. The van der Waals surface area contributed by atoms with E-state index in [4.69, 9.17) is 0 Å². The highest BCUT2D eigenvalue weighted by molar-refractivity contribution is 5.95. The Morgan fingerprint density at radius 2 is 0.833 bits per heavy atom. The van der Waals surface area contributed by atoms with Gasteiger partial charge in [-0.1, -0.05) is 0 Å². The van der Waals surface area contributed by atoms with Crippen molar-refractivity contribution in [3.05, 3.63) is 71.0 Å². The van der Waals surface area contributed by atoms with Crippen molar-refractivity contribution in [2.75, 3.05) is 0 Å². The van der Waals surface area contributed by atoms with Crippen molar-refractivity contribution < 1.29 is 39.6 Å². The van der Waals surface area contributed by atoms with Gasteiger partial charge in [0.2, 0.25) is 0 Å². The Morgan fingerprint density at radius 1 is 0.500 bits per heavy atom. The zero-order valence-electron chi connectivity index (χ0n) is 14.8. The second-order valence-corrected chi connectivity index (χ2v) is 6.04. The van der Waals surface area contributed by atoms with E-state index < -0.39 is 46.1 Å². The fourth-order valence-corrected chi connectivity index (χ4v) is 2.65. The van der Waals surface area contributed by atoms with Gasteiger partial charge in [-0.05, 0) is 64.2 Å². The summed E-state index contributed by atoms with van der Waals surface area (Å²) in [6.07, 6.45) is 2.44. The highest BCUT2D eigenvalue weighted by atomic mass is 16.4. The number of carboxylic acid groups (broad SMARTS) is 4. The Kier molecular flexibility index (Phi) is 5.23. The molecule has 0 aliphatic carbocycles. The predicted octanol–water partition coefficient (Wildman–Crippen LogP) is -2.74. The molecule has 2 aromatic carbocycles. The quantitative estimate of drug-likeness (QED) is 0.417. The van der Waals surface area contributed by atoms with E-state index in [0.29, 0.717) is 0 Å². The number of carbonyl (C=O) groups is 4. The standard InChI is InChI=1S/C20H12N2O8/c23-17(24)11-1-9(2-12(5-11)18(25)26)15-7-21-16(22-8-15)10-3-13(19(27)28)6-14(4-10)20(29)30/h1-8H,(H,23,24)(H,25,26)(H,27,28)(H,29,30)/p-4. The minimum absolute atomic E-state index is 0.0412. The van der Waals surface area contributed by atoms with Crippen molar-refractivity contribution in [1.82, 2.24) is 9.97 Å². The Labute approximate surface area is 167 Å². The molecule has 1 aromatic heterocycles. The van der Waals surface area contributed by atoms with Crippen LogP contribution in [0.2, 0.25) is 0 Å². The smallest absolute Gasteiger partial charge is 0.159 e. The Morgan fingerprint density at radius 3 is 1.17 bits per heavy atom. The van der Waals surface area contributed by atoms with Crippen molar-refractivity contribution in [2.24, 2.45) is 0 Å². The molecule has 0 unspecified atom stereocenters. The minimum atomic E-state index is -1.61. The SMILES string of the molecule is O=C([O-])c1cc(C(=O)[O-])cc(-c2cnc(-c3cc(C(=O)[O-])cc(C(=O)[O-])c3)nc2)c1. The van der Waals surface area contributed by atoms with E-state index in [-0.39, 0.29) is 22.5 Å². The van der Waals surface area contributed by atoms with Gasteiger partial charge in [-0.3, -0.25) is 0 Å². The molecule has 0 spiro atoms. The number of rotatable bonds is 6. The first-order valence-electron chi connectivity index (χ1n) is 8.14. The van der Waals surface area contributed by atoms with Gasteiger partial charge >= 0.3 is 0 Å². The van der Waals surface area contributed by atoms with Crippen molar-refractivity contribution in [3.8, 4) is 22.5 Å². The van der Waals surface area contributed by atoms with Gasteiger partial charge in [0.05, 0.1) is 23.9 Å². The van der Waals surface area contributed by atoms with E-state index in [1.807, 2.05) is 0 Å². The largest absolute Gasteiger partial charge is 0.545 e. The molecule has 0 fully saturated rings. The van der Waals surface area contributed by atoms with Crippen LogP contribution in [0.1, 0.15) is 41.4 Å². The van der Waals surface area contributed by atoms with Gasteiger partial charge in [-0.15, -0.1) is 0 Å². The van der Waals surface area contributed by atoms with E-state index in [2.05, 4.69) is 9.97 Å². The summed E-state index contributed by atoms with van der Waals surface area (Å²) >= 11 is 0. The number of hydrogen-bond donors (Lipinski definition) is 0. The number of aromatic nitrogens is 2. The summed E-state index contributed by atoms with van der Waals surface area (Å²) in [5, 5.41) is 44.4. The van der Waals surface area contributed by atoms with Gasteiger partial charge < -0.3 is 39.6 Å². The molecule has 0 saturated carbocycles. The maximum absolute atomic E-state index is 11.1. The summed E-state index contributed by atoms with van der Waals surface area (Å²) in [4.78, 5) is 52.4. The van der Waals surface area contributed by atoms with E-state index in [9.17, 15) is 39.6 Å². The van der Waals surface area contributed by atoms with Crippen molar-refractivity contribution in [3.63, 3.8) is 0 Å². The molecular formula is C20H8N2O8-4. The van der Waals surface area contributed by atoms with Crippen LogP contribution in [-0.4, -0.2) is 33.8 Å². The molecular weight excluding hydrogens is 396 g/mol. The molecule has 30 heavy (non-hydrogen) atoms. The Hall–Kier alpha value is -4.60. The van der Waals surface area contributed by atoms with E-state index in [1.165, 1.54) is 12.4 Å². The van der Waals surface area contributed by atoms with Crippen LogP contribution < -0.4 is 20.4 Å². The topological polar surface area (TPSA) is 186 Å². The lowest BCUT2D eigenvalue weighted by atomic mass is 10.0. The first-order chi connectivity index (χ1) is 14.2. The van der Waals surface area contributed by atoms with Crippen molar-refractivity contribution in [2.45, 2.75) is 0 Å². The third-order valence-corrected chi connectivity index (χ3v) is 4.05. The van der Waals surface area contributed by atoms with Gasteiger partial charge in [0.1, 0.15) is 0 Å². The van der Waals surface area contributed by atoms with E-state index >= 15 is 0 Å². The first kappa shape index (κ1) is 20.1. The zero-order chi connectivity index (χ0) is 22.0. The monoisotopic (exact) mass is 404 g/mol. The molecule has 0 saturated heterocycles. The summed E-state index contributed by atoms with van der Waals surface area (Å²) in [7, 11) is 0. The van der Waals surface area contributed by atoms with E-state index in [1.54, 1.807) is 0 Å². The fraction of sp³-hybridized carbons (Fsp3) is 0. The fourth-order valence-electron chi connectivity index (χ4n) is 2.65. The normalized spacial score (nSPS) is 10.4. The van der Waals surface area contributed by atoms with Gasteiger partial charge in [0, 0.05) is 23.5 Å². The van der Waals surface area contributed by atoms with Crippen LogP contribution in [-0.2, 0) is 0 Å². The highest BCUT2D eigenvalue weighted by Crippen LogP contribution is 2.24. The van der Waals surface area contributed by atoms with Crippen LogP contribution in [0, 0.1) is 0 Å². The maximum Gasteiger partial charge on any atom is 0.159 e. The molecule has 0 amide bonds. The summed E-state index contributed by atoms with van der Waals surface area (Å²) in [6.45, 7) is 0. The molecule has 10 heteroatoms. The molecule has 0 aliphatic rings. The lowest BCUT2D eigenvalue weighted by molar-refractivity contribution is -0.257. The number of hydrogen-bond acceptors (Lipinski definition) is 10. The van der Waals surface area contributed by atoms with Crippen molar-refractivity contribution >= 4 is 23.9 Å². The zero-order valence-corrected chi connectivity index (χ0v) is 14.8. The van der Waals surface area contributed by atoms with Gasteiger partial charge in [-0.2, -0.15) is 0 Å². The van der Waals surface area contributed by atoms with Crippen LogP contribution in [0.5, 0.6) is 0 Å². The van der Waals surface area contributed by atoms with Gasteiger partial charge in [0.15, 0.2) is 5.82 Å². The van der Waals surface area contributed by atoms with Crippen LogP contribution in [0.25, 0.3) is 22.5 Å². The average Bonchev–Trinajstić information content (AvgIpc) is 2.73.